The van der Waals surface area contributed by atoms with Gasteiger partial charge in [-0.25, -0.2) is 14.1 Å². The zero-order chi connectivity index (χ0) is 17.6. The molecule has 128 valence electrons. The van der Waals surface area contributed by atoms with Crippen LogP contribution in [0.4, 0.5) is 4.39 Å². The summed E-state index contributed by atoms with van der Waals surface area (Å²) < 4.78 is 19.0. The summed E-state index contributed by atoms with van der Waals surface area (Å²) in [5, 5.41) is 5.32. The number of halogens is 1. The lowest BCUT2D eigenvalue weighted by Gasteiger charge is -2.33. The summed E-state index contributed by atoms with van der Waals surface area (Å²) in [6.07, 6.45) is 2.60. The number of fused-ring (bicyclic) bond motifs is 1. The van der Waals surface area contributed by atoms with E-state index in [9.17, 15) is 9.18 Å². The van der Waals surface area contributed by atoms with E-state index in [1.165, 1.54) is 35.8 Å². The Labute approximate surface area is 148 Å². The van der Waals surface area contributed by atoms with Gasteiger partial charge >= 0.3 is 0 Å². The third kappa shape index (κ3) is 2.82. The topological polar surface area (TPSA) is 63.9 Å². The fourth-order valence-electron chi connectivity index (χ4n) is 3.07. The van der Waals surface area contributed by atoms with Crippen LogP contribution >= 0.6 is 11.5 Å². The van der Waals surface area contributed by atoms with Crippen LogP contribution in [0.1, 0.15) is 40.4 Å². The molecule has 1 amide bonds. The van der Waals surface area contributed by atoms with E-state index in [0.717, 1.165) is 22.2 Å². The Morgan fingerprint density at radius 2 is 2.08 bits per heavy atom. The number of hydrogen-bond donors (Lipinski definition) is 0. The average molecular weight is 357 g/mol. The minimum Gasteiger partial charge on any atom is -0.331 e. The van der Waals surface area contributed by atoms with Gasteiger partial charge in [0.1, 0.15) is 11.6 Å². The van der Waals surface area contributed by atoms with E-state index in [1.807, 2.05) is 20.0 Å². The normalized spacial score (nSPS) is 16.8. The summed E-state index contributed by atoms with van der Waals surface area (Å²) in [5.74, 6) is 0.270. The van der Waals surface area contributed by atoms with Crippen molar-refractivity contribution >= 4 is 17.4 Å². The van der Waals surface area contributed by atoms with Crippen LogP contribution in [-0.4, -0.2) is 36.5 Å². The second-order valence-corrected chi connectivity index (χ2v) is 6.76. The monoisotopic (exact) mass is 357 g/mol. The Morgan fingerprint density at radius 1 is 1.32 bits per heavy atom. The van der Waals surface area contributed by atoms with Crippen molar-refractivity contribution in [1.82, 2.24) is 24.0 Å². The largest absolute Gasteiger partial charge is 0.331 e. The first-order chi connectivity index (χ1) is 12.0. The van der Waals surface area contributed by atoms with Crippen LogP contribution in [0.25, 0.3) is 5.13 Å². The van der Waals surface area contributed by atoms with E-state index in [0.29, 0.717) is 18.5 Å². The van der Waals surface area contributed by atoms with Gasteiger partial charge in [0, 0.05) is 41.8 Å². The van der Waals surface area contributed by atoms with Gasteiger partial charge in [-0.05, 0) is 38.1 Å². The van der Waals surface area contributed by atoms with Crippen LogP contribution in [-0.2, 0) is 6.42 Å². The molecular formula is C17H16FN5OS. The molecule has 1 unspecified atom stereocenters. The number of amides is 1. The number of carbonyl (C=O) groups is 1. The highest BCUT2D eigenvalue weighted by Gasteiger charge is 2.31. The Morgan fingerprint density at radius 3 is 2.76 bits per heavy atom. The highest BCUT2D eigenvalue weighted by molar-refractivity contribution is 7.08. The van der Waals surface area contributed by atoms with E-state index >= 15 is 0 Å². The van der Waals surface area contributed by atoms with Gasteiger partial charge in [0.05, 0.1) is 11.7 Å². The molecule has 8 heteroatoms. The summed E-state index contributed by atoms with van der Waals surface area (Å²) in [6.45, 7) is 4.41. The summed E-state index contributed by atoms with van der Waals surface area (Å²) in [5.41, 5.74) is 2.47. The molecule has 25 heavy (non-hydrogen) atoms. The van der Waals surface area contributed by atoms with Crippen molar-refractivity contribution in [3.63, 3.8) is 0 Å². The molecule has 0 saturated heterocycles. The molecule has 0 spiro atoms. The van der Waals surface area contributed by atoms with Crippen molar-refractivity contribution < 1.29 is 9.18 Å². The number of rotatable bonds is 2. The molecule has 0 aliphatic carbocycles. The highest BCUT2D eigenvalue weighted by atomic mass is 32.1. The first kappa shape index (κ1) is 15.9. The molecule has 4 rings (SSSR count). The lowest BCUT2D eigenvalue weighted by Crippen LogP contribution is -2.38. The molecule has 1 atom stereocenters. The van der Waals surface area contributed by atoms with Crippen molar-refractivity contribution in [3.8, 4) is 5.13 Å². The van der Waals surface area contributed by atoms with Gasteiger partial charge in [-0.2, -0.15) is 9.47 Å². The van der Waals surface area contributed by atoms with Crippen molar-refractivity contribution in [2.75, 3.05) is 6.54 Å². The fraction of sp³-hybridized carbons (Fsp3) is 0.294. The maximum absolute atomic E-state index is 13.1. The predicted octanol–water partition coefficient (Wildman–Crippen LogP) is 2.93. The van der Waals surface area contributed by atoms with Crippen LogP contribution in [0.15, 0.2) is 30.5 Å². The van der Waals surface area contributed by atoms with Crippen molar-refractivity contribution in [2.24, 2.45) is 0 Å². The molecule has 0 fully saturated rings. The number of carbonyl (C=O) groups excluding carboxylic acids is 1. The molecule has 6 nitrogen and oxygen atoms in total. The van der Waals surface area contributed by atoms with Crippen molar-refractivity contribution in [3.05, 3.63) is 58.9 Å². The minimum absolute atomic E-state index is 0.0994. The van der Waals surface area contributed by atoms with Gasteiger partial charge in [-0.1, -0.05) is 0 Å². The molecule has 1 aromatic carbocycles. The standard InChI is InChI=1S/C17H16FN5OS/c1-10-14-9-23(17-19-11(2)21-25-17)20-15(14)7-8-22(10)16(24)12-3-5-13(18)6-4-12/h3-6,9-10H,7-8H2,1-2H3. The molecule has 3 heterocycles. The maximum atomic E-state index is 13.1. The molecule has 2 aromatic heterocycles. The number of aryl methyl sites for hydroxylation is 1. The molecule has 0 N–H and O–H groups in total. The van der Waals surface area contributed by atoms with Gasteiger partial charge in [-0.3, -0.25) is 4.79 Å². The third-order valence-electron chi connectivity index (χ3n) is 4.40. The van der Waals surface area contributed by atoms with Crippen LogP contribution in [0.5, 0.6) is 0 Å². The van der Waals surface area contributed by atoms with Gasteiger partial charge in [0.2, 0.25) is 5.13 Å². The van der Waals surface area contributed by atoms with Gasteiger partial charge < -0.3 is 4.90 Å². The molecule has 3 aromatic rings. The van der Waals surface area contributed by atoms with Crippen LogP contribution in [0.2, 0.25) is 0 Å². The average Bonchev–Trinajstić information content (AvgIpc) is 3.22. The summed E-state index contributed by atoms with van der Waals surface area (Å²) in [6, 6.07) is 5.55. The lowest BCUT2D eigenvalue weighted by atomic mass is 9.99. The second-order valence-electron chi connectivity index (χ2n) is 6.03. The molecule has 0 bridgehead atoms. The Kier molecular flexibility index (Phi) is 3.84. The lowest BCUT2D eigenvalue weighted by molar-refractivity contribution is 0.0677. The fourth-order valence-corrected chi connectivity index (χ4v) is 3.67. The zero-order valence-corrected chi connectivity index (χ0v) is 14.6. The molecule has 1 aliphatic heterocycles. The quantitative estimate of drug-likeness (QED) is 0.707. The SMILES string of the molecule is Cc1nsc(-n2cc3c(n2)CCN(C(=O)c2ccc(F)cc2)C3C)n1. The van der Waals surface area contributed by atoms with Crippen molar-refractivity contribution in [1.29, 1.82) is 0 Å². The molecule has 0 radical (unpaired) electrons. The number of aromatic nitrogens is 4. The van der Waals surface area contributed by atoms with E-state index in [4.69, 9.17) is 0 Å². The first-order valence-electron chi connectivity index (χ1n) is 7.98. The number of benzene rings is 1. The third-order valence-corrected chi connectivity index (χ3v) is 5.19. The minimum atomic E-state index is -0.348. The smallest absolute Gasteiger partial charge is 0.254 e. The second kappa shape index (κ2) is 6.03. The van der Waals surface area contributed by atoms with Crippen LogP contribution < -0.4 is 0 Å². The summed E-state index contributed by atoms with van der Waals surface area (Å²) >= 11 is 1.30. The zero-order valence-electron chi connectivity index (χ0n) is 13.8. The van der Waals surface area contributed by atoms with Gasteiger partial charge in [0.25, 0.3) is 5.91 Å². The van der Waals surface area contributed by atoms with E-state index < -0.39 is 0 Å². The summed E-state index contributed by atoms with van der Waals surface area (Å²) in [7, 11) is 0. The number of nitrogens with zero attached hydrogens (tertiary/aromatic N) is 5. The highest BCUT2D eigenvalue weighted by Crippen LogP contribution is 2.31. The predicted molar refractivity (Wildman–Crippen MR) is 91.3 cm³/mol. The molecule has 0 saturated carbocycles. The first-order valence-corrected chi connectivity index (χ1v) is 8.76. The van der Waals surface area contributed by atoms with Gasteiger partial charge in [-0.15, -0.1) is 0 Å². The van der Waals surface area contributed by atoms with E-state index in [1.54, 1.807) is 9.58 Å². The van der Waals surface area contributed by atoms with Crippen LogP contribution in [0, 0.1) is 12.7 Å². The Hall–Kier alpha value is -2.61. The molecular weight excluding hydrogens is 341 g/mol. The number of hydrogen-bond acceptors (Lipinski definition) is 5. The van der Waals surface area contributed by atoms with Crippen molar-refractivity contribution in [2.45, 2.75) is 26.3 Å². The van der Waals surface area contributed by atoms with Crippen LogP contribution in [0.3, 0.4) is 0 Å². The maximum Gasteiger partial charge on any atom is 0.254 e. The Balaban J connectivity index is 1.62. The van der Waals surface area contributed by atoms with E-state index in [-0.39, 0.29) is 17.8 Å². The Bertz CT molecular complexity index is 933. The van der Waals surface area contributed by atoms with Gasteiger partial charge in [0.15, 0.2) is 0 Å². The van der Waals surface area contributed by atoms with E-state index in [2.05, 4.69) is 14.5 Å². The molecule has 1 aliphatic rings. The summed E-state index contributed by atoms with van der Waals surface area (Å²) in [4.78, 5) is 18.9.